The van der Waals surface area contributed by atoms with Crippen molar-refractivity contribution < 1.29 is 19.1 Å². The van der Waals surface area contributed by atoms with Crippen molar-refractivity contribution in [3.05, 3.63) is 48.5 Å². The third kappa shape index (κ3) is 3.35. The fourth-order valence-electron chi connectivity index (χ4n) is 3.17. The molecule has 6 nitrogen and oxygen atoms in total. The number of benzene rings is 2. The number of para-hydroxylation sites is 1. The first-order valence-corrected chi connectivity index (χ1v) is 8.40. The van der Waals surface area contributed by atoms with Gasteiger partial charge in [0.25, 0.3) is 0 Å². The van der Waals surface area contributed by atoms with E-state index in [0.29, 0.717) is 23.7 Å². The Hall–Kier alpha value is -3.02. The van der Waals surface area contributed by atoms with Gasteiger partial charge in [-0.3, -0.25) is 9.59 Å². The van der Waals surface area contributed by atoms with E-state index in [9.17, 15) is 9.59 Å². The van der Waals surface area contributed by atoms with Crippen LogP contribution in [-0.2, 0) is 9.59 Å². The number of anilines is 2. The molecule has 2 aromatic rings. The first-order chi connectivity index (χ1) is 12.5. The Balaban J connectivity index is 1.82. The number of hydrogen-bond acceptors (Lipinski definition) is 4. The largest absolute Gasteiger partial charge is 0.497 e. The molecule has 1 heterocycles. The summed E-state index contributed by atoms with van der Waals surface area (Å²) in [5.74, 6) is 0.627. The van der Waals surface area contributed by atoms with Gasteiger partial charge >= 0.3 is 0 Å². The van der Waals surface area contributed by atoms with Crippen LogP contribution < -0.4 is 19.3 Å². The number of rotatable bonds is 5. The molecule has 2 aromatic carbocycles. The number of carbonyl (C=O) groups excluding carboxylic acids is 2. The smallest absolute Gasteiger partial charge is 0.232 e. The summed E-state index contributed by atoms with van der Waals surface area (Å²) in [5, 5.41) is 0. The van der Waals surface area contributed by atoms with Crippen molar-refractivity contribution in [1.29, 1.82) is 0 Å². The Morgan fingerprint density at radius 3 is 2.50 bits per heavy atom. The molecule has 136 valence electrons. The van der Waals surface area contributed by atoms with Gasteiger partial charge in [0.2, 0.25) is 11.8 Å². The van der Waals surface area contributed by atoms with Crippen LogP contribution in [0.1, 0.15) is 6.42 Å². The molecule has 1 unspecified atom stereocenters. The van der Waals surface area contributed by atoms with Crippen LogP contribution in [0.5, 0.6) is 11.5 Å². The summed E-state index contributed by atoms with van der Waals surface area (Å²) in [7, 11) is 4.85. The van der Waals surface area contributed by atoms with Crippen LogP contribution in [0.25, 0.3) is 0 Å². The monoisotopic (exact) mass is 354 g/mol. The summed E-state index contributed by atoms with van der Waals surface area (Å²) in [4.78, 5) is 28.6. The predicted molar refractivity (Wildman–Crippen MR) is 99.9 cm³/mol. The van der Waals surface area contributed by atoms with Gasteiger partial charge in [-0.2, -0.15) is 0 Å². The molecule has 1 fully saturated rings. The summed E-state index contributed by atoms with van der Waals surface area (Å²) in [6.07, 6.45) is 0.177. The van der Waals surface area contributed by atoms with Crippen molar-refractivity contribution in [2.75, 3.05) is 37.6 Å². The van der Waals surface area contributed by atoms with Gasteiger partial charge in [-0.05, 0) is 24.3 Å². The predicted octanol–water partition coefficient (Wildman–Crippen LogP) is 2.72. The zero-order valence-corrected chi connectivity index (χ0v) is 15.1. The molecule has 0 saturated carbocycles. The number of methoxy groups -OCH3 is 2. The summed E-state index contributed by atoms with van der Waals surface area (Å²) < 4.78 is 10.6. The molecule has 0 radical (unpaired) electrons. The van der Waals surface area contributed by atoms with Crippen molar-refractivity contribution in [3.8, 4) is 11.5 Å². The zero-order chi connectivity index (χ0) is 18.7. The molecular formula is C20H22N2O4. The number of hydrogen-bond donors (Lipinski definition) is 0. The Kier molecular flexibility index (Phi) is 5.11. The van der Waals surface area contributed by atoms with E-state index in [-0.39, 0.29) is 18.2 Å². The molecule has 0 aliphatic carbocycles. The molecule has 1 saturated heterocycles. The summed E-state index contributed by atoms with van der Waals surface area (Å²) in [6.45, 7) is 0.318. The molecule has 0 bridgehead atoms. The molecular weight excluding hydrogens is 332 g/mol. The number of ether oxygens (including phenoxy) is 2. The molecule has 6 heteroatoms. The number of amides is 2. The minimum absolute atomic E-state index is 0.0751. The first-order valence-electron chi connectivity index (χ1n) is 8.40. The van der Waals surface area contributed by atoms with E-state index >= 15 is 0 Å². The normalized spacial score (nSPS) is 16.5. The fourth-order valence-corrected chi connectivity index (χ4v) is 3.17. The Bertz CT molecular complexity index is 807. The van der Waals surface area contributed by atoms with E-state index in [1.54, 1.807) is 49.3 Å². The maximum Gasteiger partial charge on any atom is 0.232 e. The minimum Gasteiger partial charge on any atom is -0.497 e. The Morgan fingerprint density at radius 2 is 1.85 bits per heavy atom. The zero-order valence-electron chi connectivity index (χ0n) is 15.1. The van der Waals surface area contributed by atoms with Crippen LogP contribution in [0.2, 0.25) is 0 Å². The lowest BCUT2D eigenvalue weighted by molar-refractivity contribution is -0.124. The third-order valence-electron chi connectivity index (χ3n) is 4.63. The molecule has 26 heavy (non-hydrogen) atoms. The summed E-state index contributed by atoms with van der Waals surface area (Å²) in [6, 6.07) is 14.7. The molecule has 0 spiro atoms. The van der Waals surface area contributed by atoms with E-state index in [0.717, 1.165) is 5.69 Å². The second-order valence-corrected chi connectivity index (χ2v) is 6.18. The number of nitrogens with zero attached hydrogens (tertiary/aromatic N) is 2. The van der Waals surface area contributed by atoms with Gasteiger partial charge in [-0.25, -0.2) is 0 Å². The standard InChI is InChI=1S/C20H22N2O4/c1-21(15-7-5-4-6-8-15)20(24)14-11-19(23)22(13-14)17-12-16(25-2)9-10-18(17)26-3/h4-10,12,14H,11,13H2,1-3H3. The van der Waals surface area contributed by atoms with Gasteiger partial charge in [-0.1, -0.05) is 18.2 Å². The fraction of sp³-hybridized carbons (Fsp3) is 0.300. The summed E-state index contributed by atoms with van der Waals surface area (Å²) >= 11 is 0. The highest BCUT2D eigenvalue weighted by molar-refractivity contribution is 6.05. The Morgan fingerprint density at radius 1 is 1.12 bits per heavy atom. The van der Waals surface area contributed by atoms with Crippen LogP contribution >= 0.6 is 0 Å². The molecule has 1 atom stereocenters. The van der Waals surface area contributed by atoms with Gasteiger partial charge in [0.05, 0.1) is 25.8 Å². The van der Waals surface area contributed by atoms with Crippen molar-refractivity contribution in [2.24, 2.45) is 5.92 Å². The SMILES string of the molecule is COc1ccc(OC)c(N2CC(C(=O)N(C)c3ccccc3)CC2=O)c1. The van der Waals surface area contributed by atoms with Crippen molar-refractivity contribution in [2.45, 2.75) is 6.42 Å². The topological polar surface area (TPSA) is 59.1 Å². The van der Waals surface area contributed by atoms with E-state index < -0.39 is 5.92 Å². The van der Waals surface area contributed by atoms with Crippen molar-refractivity contribution >= 4 is 23.2 Å². The van der Waals surface area contributed by atoms with Gasteiger partial charge in [0.1, 0.15) is 11.5 Å². The minimum atomic E-state index is -0.399. The van der Waals surface area contributed by atoms with Crippen LogP contribution in [0.4, 0.5) is 11.4 Å². The van der Waals surface area contributed by atoms with Crippen molar-refractivity contribution in [3.63, 3.8) is 0 Å². The lowest BCUT2D eigenvalue weighted by Crippen LogP contribution is -2.34. The van der Waals surface area contributed by atoms with Crippen LogP contribution in [0.15, 0.2) is 48.5 Å². The van der Waals surface area contributed by atoms with E-state index in [4.69, 9.17) is 9.47 Å². The second-order valence-electron chi connectivity index (χ2n) is 6.18. The number of carbonyl (C=O) groups is 2. The molecule has 0 aromatic heterocycles. The van der Waals surface area contributed by atoms with Gasteiger partial charge in [0.15, 0.2) is 0 Å². The average molecular weight is 354 g/mol. The van der Waals surface area contributed by atoms with Gasteiger partial charge in [0, 0.05) is 31.8 Å². The van der Waals surface area contributed by atoms with E-state index in [2.05, 4.69) is 0 Å². The molecule has 2 amide bonds. The van der Waals surface area contributed by atoms with Crippen molar-refractivity contribution in [1.82, 2.24) is 0 Å². The van der Waals surface area contributed by atoms with Crippen LogP contribution in [-0.4, -0.2) is 39.6 Å². The maximum atomic E-state index is 12.8. The average Bonchev–Trinajstić information content (AvgIpc) is 3.08. The molecule has 0 N–H and O–H groups in total. The second kappa shape index (κ2) is 7.47. The van der Waals surface area contributed by atoms with E-state index in [1.165, 1.54) is 0 Å². The highest BCUT2D eigenvalue weighted by Crippen LogP contribution is 2.36. The maximum absolute atomic E-state index is 12.8. The Labute approximate surface area is 152 Å². The van der Waals surface area contributed by atoms with Gasteiger partial charge in [-0.15, -0.1) is 0 Å². The third-order valence-corrected chi connectivity index (χ3v) is 4.63. The first kappa shape index (κ1) is 17.8. The van der Waals surface area contributed by atoms with Crippen LogP contribution in [0, 0.1) is 5.92 Å². The quantitative estimate of drug-likeness (QED) is 0.828. The molecule has 1 aliphatic heterocycles. The molecule has 1 aliphatic rings. The van der Waals surface area contributed by atoms with Gasteiger partial charge < -0.3 is 19.3 Å². The molecule has 3 rings (SSSR count). The highest BCUT2D eigenvalue weighted by atomic mass is 16.5. The van der Waals surface area contributed by atoms with Crippen LogP contribution in [0.3, 0.4) is 0 Å². The lowest BCUT2D eigenvalue weighted by Gasteiger charge is -2.22. The highest BCUT2D eigenvalue weighted by Gasteiger charge is 2.38. The van der Waals surface area contributed by atoms with E-state index in [1.807, 2.05) is 30.3 Å². The summed E-state index contributed by atoms with van der Waals surface area (Å²) in [5.41, 5.74) is 1.43. The lowest BCUT2D eigenvalue weighted by atomic mass is 10.1.